The lowest BCUT2D eigenvalue weighted by Gasteiger charge is -2.07. The molecule has 3 rings (SSSR count). The van der Waals surface area contributed by atoms with Crippen LogP contribution in [0.3, 0.4) is 0 Å². The molecule has 0 amide bonds. The average molecular weight is 257 g/mol. The zero-order chi connectivity index (χ0) is 13.1. The van der Waals surface area contributed by atoms with Crippen LogP contribution in [-0.4, -0.2) is 6.04 Å². The lowest BCUT2D eigenvalue weighted by molar-refractivity contribution is 0.480. The van der Waals surface area contributed by atoms with Crippen molar-refractivity contribution in [1.82, 2.24) is 5.32 Å². The van der Waals surface area contributed by atoms with E-state index in [2.05, 4.69) is 5.32 Å². The van der Waals surface area contributed by atoms with Crippen molar-refractivity contribution in [3.63, 3.8) is 0 Å². The van der Waals surface area contributed by atoms with Gasteiger partial charge in [0.2, 0.25) is 0 Å². The van der Waals surface area contributed by atoms with Gasteiger partial charge in [-0.15, -0.1) is 0 Å². The fraction of sp³-hybridized carbons (Fsp3) is 0.250. The van der Waals surface area contributed by atoms with Crippen LogP contribution in [0.4, 0.5) is 4.39 Å². The zero-order valence-electron chi connectivity index (χ0n) is 10.6. The Labute approximate surface area is 112 Å². The summed E-state index contributed by atoms with van der Waals surface area (Å²) in [5, 5.41) is 3.47. The molecule has 1 N–H and O–H groups in total. The Morgan fingerprint density at radius 3 is 2.11 bits per heavy atom. The molecule has 1 aliphatic rings. The van der Waals surface area contributed by atoms with Gasteiger partial charge >= 0.3 is 0 Å². The maximum atomic E-state index is 12.8. The van der Waals surface area contributed by atoms with Crippen molar-refractivity contribution in [2.45, 2.75) is 25.4 Å². The van der Waals surface area contributed by atoms with E-state index in [4.69, 9.17) is 4.74 Å². The second-order valence-corrected chi connectivity index (χ2v) is 4.86. The molecule has 1 aliphatic carbocycles. The third-order valence-corrected chi connectivity index (χ3v) is 3.14. The van der Waals surface area contributed by atoms with E-state index in [0.717, 1.165) is 18.3 Å². The van der Waals surface area contributed by atoms with Crippen LogP contribution in [-0.2, 0) is 6.54 Å². The highest BCUT2D eigenvalue weighted by Gasteiger charge is 2.19. The topological polar surface area (TPSA) is 21.3 Å². The van der Waals surface area contributed by atoms with Gasteiger partial charge in [-0.25, -0.2) is 4.39 Å². The molecule has 0 unspecified atom stereocenters. The number of ether oxygens (including phenoxy) is 1. The number of hydrogen-bond donors (Lipinski definition) is 1. The third kappa shape index (κ3) is 3.55. The Bertz CT molecular complexity index is 532. The van der Waals surface area contributed by atoms with Crippen LogP contribution in [0.25, 0.3) is 0 Å². The fourth-order valence-electron chi connectivity index (χ4n) is 1.86. The summed E-state index contributed by atoms with van der Waals surface area (Å²) in [5.74, 6) is 1.15. The minimum atomic E-state index is -0.256. The molecule has 1 fully saturated rings. The summed E-state index contributed by atoms with van der Waals surface area (Å²) >= 11 is 0. The molecule has 98 valence electrons. The quantitative estimate of drug-likeness (QED) is 0.878. The molecule has 0 spiro atoms. The summed E-state index contributed by atoms with van der Waals surface area (Å²) < 4.78 is 18.4. The van der Waals surface area contributed by atoms with Crippen molar-refractivity contribution in [2.24, 2.45) is 0 Å². The molecule has 0 aliphatic heterocycles. The molecule has 2 aromatic carbocycles. The van der Waals surface area contributed by atoms with E-state index in [1.165, 1.54) is 30.5 Å². The first-order valence-electron chi connectivity index (χ1n) is 6.55. The first-order valence-corrected chi connectivity index (χ1v) is 6.55. The normalized spacial score (nSPS) is 14.4. The molecule has 2 nitrogen and oxygen atoms in total. The Balaban J connectivity index is 1.59. The highest BCUT2D eigenvalue weighted by Crippen LogP contribution is 2.23. The number of hydrogen-bond acceptors (Lipinski definition) is 2. The lowest BCUT2D eigenvalue weighted by atomic mass is 10.2. The largest absolute Gasteiger partial charge is 0.457 e. The van der Waals surface area contributed by atoms with Crippen molar-refractivity contribution in [3.8, 4) is 11.5 Å². The highest BCUT2D eigenvalue weighted by molar-refractivity contribution is 5.33. The maximum Gasteiger partial charge on any atom is 0.127 e. The van der Waals surface area contributed by atoms with E-state index in [-0.39, 0.29) is 5.82 Å². The average Bonchev–Trinajstić information content (AvgIpc) is 3.25. The Morgan fingerprint density at radius 2 is 1.53 bits per heavy atom. The number of halogens is 1. The molecule has 0 radical (unpaired) electrons. The van der Waals surface area contributed by atoms with E-state index in [0.29, 0.717) is 5.75 Å². The second kappa shape index (κ2) is 5.41. The minimum Gasteiger partial charge on any atom is -0.457 e. The summed E-state index contributed by atoms with van der Waals surface area (Å²) in [7, 11) is 0. The predicted molar refractivity (Wildman–Crippen MR) is 72.8 cm³/mol. The second-order valence-electron chi connectivity index (χ2n) is 4.86. The number of nitrogens with one attached hydrogen (secondary N) is 1. The van der Waals surface area contributed by atoms with Crippen LogP contribution < -0.4 is 10.1 Å². The van der Waals surface area contributed by atoms with Gasteiger partial charge in [0.15, 0.2) is 0 Å². The van der Waals surface area contributed by atoms with E-state index >= 15 is 0 Å². The van der Waals surface area contributed by atoms with Crippen LogP contribution in [0.2, 0.25) is 0 Å². The van der Waals surface area contributed by atoms with Gasteiger partial charge in [0.1, 0.15) is 17.3 Å². The SMILES string of the molecule is Fc1ccc(Oc2ccc(CNC3CC3)cc2)cc1. The Morgan fingerprint density at radius 1 is 0.947 bits per heavy atom. The molecule has 0 bridgehead atoms. The van der Waals surface area contributed by atoms with Gasteiger partial charge in [-0.1, -0.05) is 12.1 Å². The first kappa shape index (κ1) is 12.2. The number of benzene rings is 2. The molecule has 0 heterocycles. The van der Waals surface area contributed by atoms with Gasteiger partial charge in [-0.05, 0) is 54.8 Å². The molecular weight excluding hydrogens is 241 g/mol. The first-order chi connectivity index (χ1) is 9.29. The van der Waals surface area contributed by atoms with Gasteiger partial charge < -0.3 is 10.1 Å². The molecule has 0 aromatic heterocycles. The minimum absolute atomic E-state index is 0.256. The summed E-state index contributed by atoms with van der Waals surface area (Å²) in [4.78, 5) is 0. The van der Waals surface area contributed by atoms with Gasteiger partial charge in [-0.2, -0.15) is 0 Å². The van der Waals surface area contributed by atoms with Crippen molar-refractivity contribution >= 4 is 0 Å². The molecule has 19 heavy (non-hydrogen) atoms. The predicted octanol–water partition coefficient (Wildman–Crippen LogP) is 3.87. The summed E-state index contributed by atoms with van der Waals surface area (Å²) in [6.07, 6.45) is 2.59. The van der Waals surface area contributed by atoms with Crippen molar-refractivity contribution in [3.05, 3.63) is 59.9 Å². The Hall–Kier alpha value is -1.87. The molecule has 1 saturated carbocycles. The Kier molecular flexibility index (Phi) is 3.47. The highest BCUT2D eigenvalue weighted by atomic mass is 19.1. The van der Waals surface area contributed by atoms with Gasteiger partial charge in [-0.3, -0.25) is 0 Å². The van der Waals surface area contributed by atoms with Crippen molar-refractivity contribution in [2.75, 3.05) is 0 Å². The van der Waals surface area contributed by atoms with E-state index < -0.39 is 0 Å². The van der Waals surface area contributed by atoms with Crippen LogP contribution in [0, 0.1) is 5.82 Å². The molecule has 0 atom stereocenters. The molecule has 3 heteroatoms. The van der Waals surface area contributed by atoms with E-state index in [1.54, 1.807) is 12.1 Å². The summed E-state index contributed by atoms with van der Waals surface area (Å²) in [6.45, 7) is 0.904. The van der Waals surface area contributed by atoms with E-state index in [1.807, 2.05) is 24.3 Å². The smallest absolute Gasteiger partial charge is 0.127 e. The van der Waals surface area contributed by atoms with Crippen molar-refractivity contribution < 1.29 is 9.13 Å². The summed E-state index contributed by atoms with van der Waals surface area (Å²) in [6, 6.07) is 14.7. The summed E-state index contributed by atoms with van der Waals surface area (Å²) in [5.41, 5.74) is 1.25. The zero-order valence-corrected chi connectivity index (χ0v) is 10.6. The fourth-order valence-corrected chi connectivity index (χ4v) is 1.86. The van der Waals surface area contributed by atoms with Crippen LogP contribution in [0.5, 0.6) is 11.5 Å². The van der Waals surface area contributed by atoms with Crippen LogP contribution >= 0.6 is 0 Å². The van der Waals surface area contributed by atoms with Crippen LogP contribution in [0.1, 0.15) is 18.4 Å². The van der Waals surface area contributed by atoms with E-state index in [9.17, 15) is 4.39 Å². The van der Waals surface area contributed by atoms with Gasteiger partial charge in [0.05, 0.1) is 0 Å². The van der Waals surface area contributed by atoms with Gasteiger partial charge in [0.25, 0.3) is 0 Å². The van der Waals surface area contributed by atoms with Crippen molar-refractivity contribution in [1.29, 1.82) is 0 Å². The maximum absolute atomic E-state index is 12.8. The van der Waals surface area contributed by atoms with Gasteiger partial charge in [0, 0.05) is 12.6 Å². The van der Waals surface area contributed by atoms with Crippen LogP contribution in [0.15, 0.2) is 48.5 Å². The third-order valence-electron chi connectivity index (χ3n) is 3.14. The monoisotopic (exact) mass is 257 g/mol. The molecule has 0 saturated heterocycles. The number of rotatable bonds is 5. The molecular formula is C16H16FNO. The molecule has 2 aromatic rings. The lowest BCUT2D eigenvalue weighted by Crippen LogP contribution is -2.14. The standard InChI is InChI=1S/C16H16FNO/c17-13-3-9-16(10-4-13)19-15-7-1-12(2-8-15)11-18-14-5-6-14/h1-4,7-10,14,18H,5-6,11H2.